The van der Waals surface area contributed by atoms with E-state index < -0.39 is 28.1 Å². The first-order chi connectivity index (χ1) is 16.7. The molecule has 12 atom stereocenters. The fraction of sp³-hybridized carbons (Fsp3) is 0.963. The molecule has 8 nitrogen and oxygen atoms in total. The average molecular weight is 530 g/mol. The Morgan fingerprint density at radius 1 is 1.03 bits per heavy atom. The summed E-state index contributed by atoms with van der Waals surface area (Å²) in [6, 6.07) is 0. The van der Waals surface area contributed by atoms with Gasteiger partial charge < -0.3 is 20.6 Å². The third kappa shape index (κ3) is 4.99. The Kier molecular flexibility index (Phi) is 7.93. The van der Waals surface area contributed by atoms with Crippen molar-refractivity contribution in [1.82, 2.24) is 5.32 Å². The van der Waals surface area contributed by atoms with Crippen molar-refractivity contribution in [1.29, 1.82) is 0 Å². The Labute approximate surface area is 216 Å². The molecular weight excluding hydrogens is 482 g/mol. The van der Waals surface area contributed by atoms with Gasteiger partial charge in [0.2, 0.25) is 5.91 Å². The number of amides is 1. The van der Waals surface area contributed by atoms with E-state index in [1.165, 1.54) is 0 Å². The summed E-state index contributed by atoms with van der Waals surface area (Å²) in [7, 11) is -4.11. The molecular formula is C27H47NO7S. The van der Waals surface area contributed by atoms with Crippen molar-refractivity contribution in [2.24, 2.45) is 52.3 Å². The van der Waals surface area contributed by atoms with E-state index in [1.54, 1.807) is 0 Å². The van der Waals surface area contributed by atoms with Crippen LogP contribution >= 0.6 is 0 Å². The van der Waals surface area contributed by atoms with Gasteiger partial charge in [0.25, 0.3) is 10.1 Å². The topological polar surface area (TPSA) is 144 Å². The summed E-state index contributed by atoms with van der Waals surface area (Å²) in [5.74, 6) is 0.324. The molecule has 4 saturated carbocycles. The fourth-order valence-electron chi connectivity index (χ4n) is 9.44. The summed E-state index contributed by atoms with van der Waals surface area (Å²) in [6.07, 6.45) is 5.33. The van der Waals surface area contributed by atoms with Crippen molar-refractivity contribution >= 4 is 16.0 Å². The SMILES string of the molecule is C[C@H](C[C@H](C)C(=O)NCCS(=O)(=O)O)[C@H]1CCC2C3C(C[C@H](O)[C@@]21C)[C@@]1(C)CC[C@@H](O)CC1C[C@H]3O. The van der Waals surface area contributed by atoms with E-state index in [2.05, 4.69) is 26.1 Å². The second-order valence-corrected chi connectivity index (χ2v) is 14.8. The largest absolute Gasteiger partial charge is 0.393 e. The first kappa shape index (κ1) is 28.3. The quantitative estimate of drug-likeness (QED) is 0.319. The number of aliphatic hydroxyl groups excluding tert-OH is 3. The van der Waals surface area contributed by atoms with Crippen molar-refractivity contribution < 1.29 is 33.1 Å². The Bertz CT molecular complexity index is 927. The van der Waals surface area contributed by atoms with E-state index >= 15 is 0 Å². The molecule has 0 bridgehead atoms. The van der Waals surface area contributed by atoms with Crippen molar-refractivity contribution in [2.75, 3.05) is 12.3 Å². The van der Waals surface area contributed by atoms with Crippen LogP contribution in [0.3, 0.4) is 0 Å². The van der Waals surface area contributed by atoms with Crippen LogP contribution in [0.15, 0.2) is 0 Å². The number of fused-ring (bicyclic) bond motifs is 5. The second-order valence-electron chi connectivity index (χ2n) is 13.2. The Morgan fingerprint density at radius 2 is 1.72 bits per heavy atom. The van der Waals surface area contributed by atoms with Gasteiger partial charge in [0.15, 0.2) is 0 Å². The highest BCUT2D eigenvalue weighted by Gasteiger charge is 2.65. The molecule has 0 aromatic rings. The number of hydrogen-bond donors (Lipinski definition) is 5. The van der Waals surface area contributed by atoms with Crippen LogP contribution < -0.4 is 5.32 Å². The number of carbonyl (C=O) groups excluding carboxylic acids is 1. The Balaban J connectivity index is 1.46. The number of hydrogen-bond acceptors (Lipinski definition) is 6. The van der Waals surface area contributed by atoms with E-state index in [-0.39, 0.29) is 64.9 Å². The lowest BCUT2D eigenvalue weighted by Gasteiger charge is -2.63. The zero-order chi connectivity index (χ0) is 26.6. The van der Waals surface area contributed by atoms with Gasteiger partial charge in [0.05, 0.1) is 24.1 Å². The van der Waals surface area contributed by atoms with Crippen molar-refractivity contribution in [2.45, 2.75) is 97.4 Å². The summed E-state index contributed by atoms with van der Waals surface area (Å²) in [6.45, 7) is 8.41. The molecule has 4 fully saturated rings. The highest BCUT2D eigenvalue weighted by atomic mass is 32.2. The van der Waals surface area contributed by atoms with Gasteiger partial charge in [0.1, 0.15) is 0 Å². The van der Waals surface area contributed by atoms with Crippen LogP contribution in [0.1, 0.15) is 79.1 Å². The van der Waals surface area contributed by atoms with Gasteiger partial charge in [0, 0.05) is 12.5 Å². The number of aliphatic hydroxyl groups is 3. The summed E-state index contributed by atoms with van der Waals surface area (Å²) in [5, 5.41) is 36.0. The van der Waals surface area contributed by atoms with Gasteiger partial charge >= 0.3 is 0 Å². The van der Waals surface area contributed by atoms with E-state index in [1.807, 2.05) is 6.92 Å². The smallest absolute Gasteiger partial charge is 0.266 e. The van der Waals surface area contributed by atoms with Gasteiger partial charge in [-0.1, -0.05) is 27.7 Å². The maximum Gasteiger partial charge on any atom is 0.266 e. The summed E-state index contributed by atoms with van der Waals surface area (Å²) < 4.78 is 30.7. The number of nitrogens with one attached hydrogen (secondary N) is 1. The van der Waals surface area contributed by atoms with Gasteiger partial charge in [-0.15, -0.1) is 0 Å². The van der Waals surface area contributed by atoms with E-state index in [0.717, 1.165) is 38.5 Å². The van der Waals surface area contributed by atoms with Gasteiger partial charge in [-0.05, 0) is 97.7 Å². The average Bonchev–Trinajstić information content (AvgIpc) is 3.13. The summed E-state index contributed by atoms with van der Waals surface area (Å²) in [4.78, 5) is 12.5. The predicted molar refractivity (Wildman–Crippen MR) is 136 cm³/mol. The lowest BCUT2D eigenvalue weighted by Crippen LogP contribution is -2.62. The molecule has 0 radical (unpaired) electrons. The monoisotopic (exact) mass is 529 g/mol. The van der Waals surface area contributed by atoms with Gasteiger partial charge in [-0.3, -0.25) is 9.35 Å². The normalized spacial score (nSPS) is 46.2. The van der Waals surface area contributed by atoms with E-state index in [4.69, 9.17) is 4.55 Å². The zero-order valence-corrected chi connectivity index (χ0v) is 23.1. The molecule has 9 heteroatoms. The van der Waals surface area contributed by atoms with E-state index in [9.17, 15) is 28.5 Å². The first-order valence-corrected chi connectivity index (χ1v) is 15.6. The molecule has 1 amide bonds. The number of rotatable bonds is 7. The minimum atomic E-state index is -4.11. The van der Waals surface area contributed by atoms with Crippen LogP contribution in [0.2, 0.25) is 0 Å². The van der Waals surface area contributed by atoms with Gasteiger partial charge in [-0.25, -0.2) is 0 Å². The highest BCUT2D eigenvalue weighted by molar-refractivity contribution is 7.85. The predicted octanol–water partition coefficient (Wildman–Crippen LogP) is 2.61. The molecule has 0 aromatic carbocycles. The third-order valence-electron chi connectivity index (χ3n) is 11.4. The maximum atomic E-state index is 12.5. The lowest BCUT2D eigenvalue weighted by molar-refractivity contribution is -0.207. The van der Waals surface area contributed by atoms with Crippen LogP contribution in [-0.4, -0.2) is 64.8 Å². The fourth-order valence-corrected chi connectivity index (χ4v) is 9.80. The first-order valence-electron chi connectivity index (χ1n) is 14.0. The van der Waals surface area contributed by atoms with Crippen LogP contribution in [0, 0.1) is 52.3 Å². The van der Waals surface area contributed by atoms with Crippen LogP contribution in [0.25, 0.3) is 0 Å². The summed E-state index contributed by atoms with van der Waals surface area (Å²) >= 11 is 0. The van der Waals surface area contributed by atoms with E-state index in [0.29, 0.717) is 18.8 Å². The molecule has 36 heavy (non-hydrogen) atoms. The van der Waals surface area contributed by atoms with Crippen LogP contribution in [-0.2, 0) is 14.9 Å². The van der Waals surface area contributed by atoms with Gasteiger partial charge in [-0.2, -0.15) is 8.42 Å². The standard InChI is InChI=1S/C27H47NO7S/c1-15(11-16(2)25(32)28-9-10-36(33,34)35)19-5-6-20-24-21(14-23(31)27(19,20)4)26(3)8-7-18(29)12-17(26)13-22(24)30/h15-24,29-31H,5-14H2,1-4H3,(H,28,32)(H,33,34,35)/t15-,16+,17?,18-,19-,20?,21?,22-,23+,24?,26+,27-/m1/s1. The van der Waals surface area contributed by atoms with Crippen molar-refractivity contribution in [3.8, 4) is 0 Å². The maximum absolute atomic E-state index is 12.5. The molecule has 4 unspecified atom stereocenters. The molecule has 0 aliphatic heterocycles. The molecule has 0 spiro atoms. The molecule has 4 rings (SSSR count). The van der Waals surface area contributed by atoms with Crippen molar-refractivity contribution in [3.63, 3.8) is 0 Å². The minimum Gasteiger partial charge on any atom is -0.393 e. The molecule has 208 valence electrons. The molecule has 4 aliphatic rings. The Hall–Kier alpha value is -0.740. The minimum absolute atomic E-state index is 0.0454. The molecule has 5 N–H and O–H groups in total. The Morgan fingerprint density at radius 3 is 2.39 bits per heavy atom. The molecule has 4 aliphatic carbocycles. The molecule has 0 heterocycles. The van der Waals surface area contributed by atoms with Crippen molar-refractivity contribution in [3.05, 3.63) is 0 Å². The molecule has 0 saturated heterocycles. The zero-order valence-electron chi connectivity index (χ0n) is 22.3. The van der Waals surface area contributed by atoms with Crippen LogP contribution in [0.5, 0.6) is 0 Å². The number of carbonyl (C=O) groups is 1. The second kappa shape index (κ2) is 10.1. The summed E-state index contributed by atoms with van der Waals surface area (Å²) in [5.41, 5.74) is -0.274. The third-order valence-corrected chi connectivity index (χ3v) is 12.1. The molecule has 0 aromatic heterocycles. The van der Waals surface area contributed by atoms with Crippen LogP contribution in [0.4, 0.5) is 0 Å². The highest BCUT2D eigenvalue weighted by Crippen LogP contribution is 2.68. The lowest BCUT2D eigenvalue weighted by atomic mass is 9.43.